The highest BCUT2D eigenvalue weighted by atomic mass is 16.7. The third-order valence-electron chi connectivity index (χ3n) is 16.0. The van der Waals surface area contributed by atoms with Crippen molar-refractivity contribution in [2.45, 2.75) is 197 Å². The molecule has 14 nitrogen and oxygen atoms in total. The molecular weight excluding hydrogens is 716 g/mol. The van der Waals surface area contributed by atoms with E-state index in [0.29, 0.717) is 18.8 Å². The second-order valence-corrected chi connectivity index (χ2v) is 18.8. The third kappa shape index (κ3) is 6.95. The minimum Gasteiger partial charge on any atom is -0.458 e. The second kappa shape index (κ2) is 15.1. The van der Waals surface area contributed by atoms with Gasteiger partial charge in [-0.3, -0.25) is 0 Å². The summed E-state index contributed by atoms with van der Waals surface area (Å²) in [6.07, 6.45) is -1.51. The first kappa shape index (κ1) is 40.5. The summed E-state index contributed by atoms with van der Waals surface area (Å²) < 4.78 is 42.1. The van der Waals surface area contributed by atoms with Crippen molar-refractivity contribution in [3.8, 4) is 0 Å². The second-order valence-electron chi connectivity index (χ2n) is 18.8. The fraction of sp³-hybridized carbons (Fsp3) is 0.927. The van der Waals surface area contributed by atoms with E-state index >= 15 is 0 Å². The number of carbonyl (C=O) groups excluding carboxylic acids is 1. The maximum Gasteiger partial charge on any atom is 0.331 e. The Labute approximate surface area is 323 Å². The van der Waals surface area contributed by atoms with Crippen LogP contribution in [0.15, 0.2) is 11.6 Å². The maximum absolute atomic E-state index is 12.6. The number of cyclic esters (lactones) is 1. The van der Waals surface area contributed by atoms with E-state index in [1.807, 2.05) is 13.8 Å². The van der Waals surface area contributed by atoms with Gasteiger partial charge in [0.15, 0.2) is 18.9 Å². The first-order valence-electron chi connectivity index (χ1n) is 20.9. The van der Waals surface area contributed by atoms with E-state index in [-0.39, 0.29) is 61.1 Å². The molecule has 0 aromatic rings. The Hall–Kier alpha value is -1.27. The predicted octanol–water partition coefficient (Wildman–Crippen LogP) is 2.22. The van der Waals surface area contributed by atoms with Crippen molar-refractivity contribution in [2.24, 2.45) is 34.5 Å². The van der Waals surface area contributed by atoms with Gasteiger partial charge in [0.25, 0.3) is 0 Å². The van der Waals surface area contributed by atoms with Crippen LogP contribution in [-0.4, -0.2) is 135 Å². The van der Waals surface area contributed by atoms with E-state index in [9.17, 15) is 35.4 Å². The van der Waals surface area contributed by atoms with Crippen LogP contribution >= 0.6 is 0 Å². The van der Waals surface area contributed by atoms with Gasteiger partial charge in [0.05, 0.1) is 54.4 Å². The molecule has 0 aromatic carbocycles. The van der Waals surface area contributed by atoms with E-state index in [1.54, 1.807) is 19.9 Å². The van der Waals surface area contributed by atoms with E-state index in [2.05, 4.69) is 6.92 Å². The summed E-state index contributed by atoms with van der Waals surface area (Å²) in [4.78, 5) is 11.9. The summed E-state index contributed by atoms with van der Waals surface area (Å²) in [6, 6.07) is 0. The smallest absolute Gasteiger partial charge is 0.331 e. The minimum absolute atomic E-state index is 0.0452. The van der Waals surface area contributed by atoms with E-state index in [1.165, 1.54) is 0 Å². The van der Waals surface area contributed by atoms with Crippen molar-refractivity contribution in [1.29, 1.82) is 0 Å². The molecule has 21 atom stereocenters. The number of esters is 1. The Morgan fingerprint density at radius 1 is 0.691 bits per heavy atom. The number of aliphatic hydroxyl groups excluding tert-OH is 5. The van der Waals surface area contributed by atoms with Crippen molar-refractivity contribution in [3.63, 3.8) is 0 Å². The van der Waals surface area contributed by atoms with Crippen LogP contribution in [0.3, 0.4) is 0 Å². The molecule has 0 amide bonds. The molecule has 0 bridgehead atoms. The normalized spacial score (nSPS) is 55.5. The van der Waals surface area contributed by atoms with Gasteiger partial charge in [-0.25, -0.2) is 4.79 Å². The van der Waals surface area contributed by atoms with Crippen LogP contribution in [0, 0.1) is 34.5 Å². The Kier molecular flexibility index (Phi) is 11.1. The quantitative estimate of drug-likeness (QED) is 0.162. The molecule has 0 radical (unpaired) electrons. The van der Waals surface area contributed by atoms with Crippen LogP contribution in [0.2, 0.25) is 0 Å². The molecule has 0 aromatic heterocycles. The molecule has 4 heterocycles. The van der Waals surface area contributed by atoms with Gasteiger partial charge in [-0.1, -0.05) is 13.8 Å². The van der Waals surface area contributed by atoms with Gasteiger partial charge in [0, 0.05) is 30.8 Å². The summed E-state index contributed by atoms with van der Waals surface area (Å²) in [5.74, 6) is 0.204. The first-order chi connectivity index (χ1) is 26.0. The Morgan fingerprint density at radius 3 is 1.87 bits per heavy atom. The summed E-state index contributed by atoms with van der Waals surface area (Å²) in [5.41, 5.74) is -0.892. The van der Waals surface area contributed by atoms with Crippen molar-refractivity contribution >= 4 is 5.97 Å². The van der Waals surface area contributed by atoms with Crippen LogP contribution in [0.1, 0.15) is 105 Å². The van der Waals surface area contributed by atoms with Gasteiger partial charge in [0.1, 0.15) is 24.9 Å². The molecule has 4 saturated carbocycles. The topological polar surface area (TPSA) is 203 Å². The first-order valence-corrected chi connectivity index (χ1v) is 20.9. The highest BCUT2D eigenvalue weighted by molar-refractivity contribution is 5.85. The fourth-order valence-electron chi connectivity index (χ4n) is 12.8. The van der Waals surface area contributed by atoms with Crippen molar-refractivity contribution < 1.29 is 68.6 Å². The number of carbonyl (C=O) groups is 1. The molecule has 4 aliphatic heterocycles. The summed E-state index contributed by atoms with van der Waals surface area (Å²) in [6.45, 7) is 9.90. The molecule has 14 heteroatoms. The van der Waals surface area contributed by atoms with Gasteiger partial charge in [-0.05, 0) is 107 Å². The molecule has 6 N–H and O–H groups in total. The van der Waals surface area contributed by atoms with Crippen LogP contribution in [-0.2, 0) is 38.0 Å². The molecule has 312 valence electrons. The lowest BCUT2D eigenvalue weighted by molar-refractivity contribution is -0.336. The van der Waals surface area contributed by atoms with Crippen LogP contribution in [0.25, 0.3) is 0 Å². The summed E-state index contributed by atoms with van der Waals surface area (Å²) in [7, 11) is 0. The lowest BCUT2D eigenvalue weighted by Gasteiger charge is -2.65. The number of ether oxygens (including phenoxy) is 7. The van der Waals surface area contributed by atoms with Gasteiger partial charge in [-0.2, -0.15) is 0 Å². The average Bonchev–Trinajstić information content (AvgIpc) is 3.67. The molecule has 3 saturated heterocycles. The fourth-order valence-corrected chi connectivity index (χ4v) is 12.8. The van der Waals surface area contributed by atoms with Crippen LogP contribution in [0.4, 0.5) is 0 Å². The third-order valence-corrected chi connectivity index (χ3v) is 16.0. The average molecular weight is 781 g/mol. The molecule has 7 fully saturated rings. The summed E-state index contributed by atoms with van der Waals surface area (Å²) in [5, 5.41) is 66.9. The molecule has 0 spiro atoms. The predicted molar refractivity (Wildman–Crippen MR) is 193 cm³/mol. The van der Waals surface area contributed by atoms with E-state index < -0.39 is 90.9 Å². The van der Waals surface area contributed by atoms with Crippen LogP contribution in [0.5, 0.6) is 0 Å². The SMILES string of the molecule is CC1O[C@@H](O[C@H]2C(O)C[C@H](O[C@H]3C(O)C[C@H](OC4CCC5(C)[C@H](CC[C@@H]6[C@@H]5CC(O)[C@]5(C)[C@@H](C7=CC(=O)OC7)CC[C@]65O)C4)OC3C)OC2C)CC(O)C1O. The maximum atomic E-state index is 12.6. The number of aliphatic hydroxyl groups is 6. The molecule has 10 unspecified atom stereocenters. The monoisotopic (exact) mass is 780 g/mol. The zero-order chi connectivity index (χ0) is 39.2. The minimum atomic E-state index is -1.01. The Morgan fingerprint density at radius 2 is 1.29 bits per heavy atom. The van der Waals surface area contributed by atoms with E-state index in [0.717, 1.165) is 44.1 Å². The van der Waals surface area contributed by atoms with Crippen LogP contribution < -0.4 is 0 Å². The summed E-state index contributed by atoms with van der Waals surface area (Å²) >= 11 is 0. The standard InChI is InChI=1S/C41H64O14/c1-19-36(47)28(42)15-34(50-19)54-38-21(3)52-35(17-30(38)44)55-37-20(2)51-33(16-29(37)43)53-24-8-10-39(4)23(13-24)6-7-26-27(39)14-31(45)40(5)25(9-11-41(26,40)48)22-12-32(46)49-18-22/h12,19-21,23-31,33-38,42-45,47-48H,6-11,13-18H2,1-5H3/t19?,20?,21?,23-,24?,25-,26-,27+,28?,29?,30?,31?,33+,34+,35+,36?,37-,38-,39?,40+,41+/m1/s1. The Balaban J connectivity index is 0.837. The highest BCUT2D eigenvalue weighted by Crippen LogP contribution is 2.70. The Bertz CT molecular complexity index is 1410. The van der Waals surface area contributed by atoms with Crippen molar-refractivity contribution in [1.82, 2.24) is 0 Å². The van der Waals surface area contributed by atoms with Crippen molar-refractivity contribution in [2.75, 3.05) is 6.61 Å². The van der Waals surface area contributed by atoms with Gasteiger partial charge in [0.2, 0.25) is 0 Å². The lowest BCUT2D eigenvalue weighted by Crippen LogP contribution is -2.67. The van der Waals surface area contributed by atoms with Gasteiger partial charge in [-0.15, -0.1) is 0 Å². The zero-order valence-electron chi connectivity index (χ0n) is 32.9. The lowest BCUT2D eigenvalue weighted by atomic mass is 9.42. The van der Waals surface area contributed by atoms with Gasteiger partial charge >= 0.3 is 5.97 Å². The molecule has 55 heavy (non-hydrogen) atoms. The molecule has 4 aliphatic carbocycles. The number of hydrogen-bond acceptors (Lipinski definition) is 14. The van der Waals surface area contributed by atoms with Gasteiger partial charge < -0.3 is 63.8 Å². The van der Waals surface area contributed by atoms with E-state index in [4.69, 9.17) is 33.2 Å². The number of hydrogen-bond donors (Lipinski definition) is 6. The largest absolute Gasteiger partial charge is 0.458 e. The zero-order valence-corrected chi connectivity index (χ0v) is 32.9. The number of rotatable bonds is 7. The highest BCUT2D eigenvalue weighted by Gasteiger charge is 2.71. The van der Waals surface area contributed by atoms with Crippen molar-refractivity contribution in [3.05, 3.63) is 11.6 Å². The molecule has 8 rings (SSSR count). The number of fused-ring (bicyclic) bond motifs is 5. The molecular formula is C41H64O14. The molecule has 8 aliphatic rings.